The first-order valence-corrected chi connectivity index (χ1v) is 5.90. The number of amides is 2. The zero-order valence-corrected chi connectivity index (χ0v) is 11.3. The van der Waals surface area contributed by atoms with Gasteiger partial charge in [0.05, 0.1) is 15.7 Å². The van der Waals surface area contributed by atoms with E-state index in [0.29, 0.717) is 22.3 Å². The van der Waals surface area contributed by atoms with Crippen LogP contribution in [0.2, 0.25) is 10.0 Å². The van der Waals surface area contributed by atoms with E-state index in [0.717, 1.165) is 6.54 Å². The number of hydrogen-bond acceptors (Lipinski definition) is 2. The maximum atomic E-state index is 11.5. The lowest BCUT2D eigenvalue weighted by atomic mass is 10.3. The Morgan fingerprint density at radius 2 is 1.88 bits per heavy atom. The van der Waals surface area contributed by atoms with Gasteiger partial charge in [0.15, 0.2) is 0 Å². The quantitative estimate of drug-likeness (QED) is 0.888. The largest absolute Gasteiger partial charge is 0.337 e. The van der Waals surface area contributed by atoms with Gasteiger partial charge in [-0.15, -0.1) is 0 Å². The maximum Gasteiger partial charge on any atom is 0.319 e. The summed E-state index contributed by atoms with van der Waals surface area (Å²) in [4.78, 5) is 13.5. The predicted molar refractivity (Wildman–Crippen MR) is 72.0 cm³/mol. The van der Waals surface area contributed by atoms with Gasteiger partial charge in [-0.1, -0.05) is 29.3 Å². The van der Waals surface area contributed by atoms with E-state index in [1.165, 1.54) is 0 Å². The summed E-state index contributed by atoms with van der Waals surface area (Å²) in [6, 6.07) is 4.74. The predicted octanol–water partition coefficient (Wildman–Crippen LogP) is 2.68. The fraction of sp³-hybridized carbons (Fsp3) is 0.364. The van der Waals surface area contributed by atoms with Crippen molar-refractivity contribution in [3.8, 4) is 0 Å². The molecule has 1 rings (SSSR count). The van der Waals surface area contributed by atoms with Crippen molar-refractivity contribution in [3.05, 3.63) is 28.2 Å². The van der Waals surface area contributed by atoms with Crippen LogP contribution in [0.5, 0.6) is 0 Å². The zero-order valence-electron chi connectivity index (χ0n) is 9.76. The van der Waals surface area contributed by atoms with Gasteiger partial charge in [-0.2, -0.15) is 0 Å². The molecule has 0 aromatic heterocycles. The Balaban J connectivity index is 2.51. The van der Waals surface area contributed by atoms with Crippen LogP contribution in [-0.2, 0) is 0 Å². The average molecular weight is 276 g/mol. The smallest absolute Gasteiger partial charge is 0.319 e. The van der Waals surface area contributed by atoms with Crippen molar-refractivity contribution in [3.63, 3.8) is 0 Å². The molecule has 0 aliphatic heterocycles. The molecule has 0 unspecified atom stereocenters. The molecule has 17 heavy (non-hydrogen) atoms. The van der Waals surface area contributed by atoms with Crippen molar-refractivity contribution in [2.24, 2.45) is 0 Å². The van der Waals surface area contributed by atoms with Crippen LogP contribution < -0.4 is 10.6 Å². The summed E-state index contributed by atoms with van der Waals surface area (Å²) in [5.41, 5.74) is 0.429. The molecule has 0 saturated carbocycles. The van der Waals surface area contributed by atoms with Crippen molar-refractivity contribution in [2.75, 3.05) is 32.5 Å². The Bertz CT molecular complexity index is 376. The number of para-hydroxylation sites is 1. The Kier molecular flexibility index (Phi) is 5.55. The highest BCUT2D eigenvalue weighted by Crippen LogP contribution is 2.29. The molecular weight excluding hydrogens is 261 g/mol. The van der Waals surface area contributed by atoms with Crippen molar-refractivity contribution < 1.29 is 4.79 Å². The van der Waals surface area contributed by atoms with Gasteiger partial charge >= 0.3 is 6.03 Å². The maximum absolute atomic E-state index is 11.5. The lowest BCUT2D eigenvalue weighted by Crippen LogP contribution is -2.34. The molecule has 0 fully saturated rings. The molecule has 0 aliphatic rings. The second-order valence-corrected chi connectivity index (χ2v) is 4.60. The van der Waals surface area contributed by atoms with Gasteiger partial charge in [0.2, 0.25) is 0 Å². The van der Waals surface area contributed by atoms with Crippen molar-refractivity contribution >= 4 is 34.9 Å². The number of urea groups is 1. The second-order valence-electron chi connectivity index (χ2n) is 3.78. The van der Waals surface area contributed by atoms with E-state index in [-0.39, 0.29) is 6.03 Å². The monoisotopic (exact) mass is 275 g/mol. The molecule has 0 spiro atoms. The van der Waals surface area contributed by atoms with E-state index in [9.17, 15) is 4.79 Å². The van der Waals surface area contributed by atoms with Gasteiger partial charge in [0, 0.05) is 13.1 Å². The Hall–Kier alpha value is -0.970. The SMILES string of the molecule is CN(C)CCNC(=O)Nc1c(Cl)cccc1Cl. The van der Waals surface area contributed by atoms with E-state index < -0.39 is 0 Å². The van der Waals surface area contributed by atoms with Gasteiger partial charge in [0.1, 0.15) is 0 Å². The van der Waals surface area contributed by atoms with Crippen LogP contribution in [0.3, 0.4) is 0 Å². The molecular formula is C11H15Cl2N3O. The van der Waals surface area contributed by atoms with E-state index in [2.05, 4.69) is 10.6 Å². The molecule has 0 aliphatic carbocycles. The molecule has 0 radical (unpaired) electrons. The number of halogens is 2. The summed E-state index contributed by atoms with van der Waals surface area (Å²) < 4.78 is 0. The molecule has 1 aromatic rings. The number of likely N-dealkylation sites (N-methyl/N-ethyl adjacent to an activating group) is 1. The summed E-state index contributed by atoms with van der Waals surface area (Å²) in [6.07, 6.45) is 0. The van der Waals surface area contributed by atoms with Crippen LogP contribution in [0.1, 0.15) is 0 Å². The molecule has 94 valence electrons. The molecule has 2 N–H and O–H groups in total. The first-order chi connectivity index (χ1) is 8.00. The Morgan fingerprint density at radius 3 is 2.41 bits per heavy atom. The minimum Gasteiger partial charge on any atom is -0.337 e. The summed E-state index contributed by atoms with van der Waals surface area (Å²) in [7, 11) is 3.87. The molecule has 0 heterocycles. The zero-order chi connectivity index (χ0) is 12.8. The van der Waals surface area contributed by atoms with E-state index in [1.54, 1.807) is 18.2 Å². The van der Waals surface area contributed by atoms with Gasteiger partial charge in [-0.25, -0.2) is 4.79 Å². The lowest BCUT2D eigenvalue weighted by Gasteiger charge is -2.12. The molecule has 0 saturated heterocycles. The highest BCUT2D eigenvalue weighted by molar-refractivity contribution is 6.39. The summed E-state index contributed by atoms with van der Waals surface area (Å²) >= 11 is 11.8. The first-order valence-electron chi connectivity index (χ1n) is 5.14. The Morgan fingerprint density at radius 1 is 1.29 bits per heavy atom. The van der Waals surface area contributed by atoms with E-state index in [4.69, 9.17) is 23.2 Å². The number of anilines is 1. The van der Waals surface area contributed by atoms with E-state index in [1.807, 2.05) is 19.0 Å². The number of nitrogens with one attached hydrogen (secondary N) is 2. The van der Waals surface area contributed by atoms with Crippen molar-refractivity contribution in [1.82, 2.24) is 10.2 Å². The number of nitrogens with zero attached hydrogens (tertiary/aromatic N) is 1. The van der Waals surface area contributed by atoms with Crippen LogP contribution >= 0.6 is 23.2 Å². The van der Waals surface area contributed by atoms with Crippen LogP contribution in [0.25, 0.3) is 0 Å². The van der Waals surface area contributed by atoms with E-state index >= 15 is 0 Å². The fourth-order valence-electron chi connectivity index (χ4n) is 1.17. The highest BCUT2D eigenvalue weighted by Gasteiger charge is 2.08. The molecule has 2 amide bonds. The number of hydrogen-bond donors (Lipinski definition) is 2. The number of carbonyl (C=O) groups excluding carboxylic acids is 1. The summed E-state index contributed by atoms with van der Waals surface area (Å²) in [5, 5.41) is 6.16. The van der Waals surface area contributed by atoms with Gasteiger partial charge < -0.3 is 15.5 Å². The van der Waals surface area contributed by atoms with Gasteiger partial charge in [-0.3, -0.25) is 0 Å². The third-order valence-electron chi connectivity index (χ3n) is 2.05. The number of rotatable bonds is 4. The van der Waals surface area contributed by atoms with Crippen LogP contribution in [0.4, 0.5) is 10.5 Å². The molecule has 0 bridgehead atoms. The summed E-state index contributed by atoms with van der Waals surface area (Å²) in [6.45, 7) is 1.32. The third-order valence-corrected chi connectivity index (χ3v) is 2.68. The first kappa shape index (κ1) is 14.1. The third kappa shape index (κ3) is 4.81. The number of benzene rings is 1. The highest BCUT2D eigenvalue weighted by atomic mass is 35.5. The normalized spacial score (nSPS) is 10.4. The topological polar surface area (TPSA) is 44.4 Å². The average Bonchev–Trinajstić information content (AvgIpc) is 2.23. The van der Waals surface area contributed by atoms with Crippen LogP contribution in [0.15, 0.2) is 18.2 Å². The van der Waals surface area contributed by atoms with Crippen molar-refractivity contribution in [1.29, 1.82) is 0 Å². The molecule has 4 nitrogen and oxygen atoms in total. The fourth-order valence-corrected chi connectivity index (χ4v) is 1.66. The molecule has 6 heteroatoms. The Labute approximate surface area is 111 Å². The molecule has 0 atom stereocenters. The van der Waals surface area contributed by atoms with Crippen LogP contribution in [-0.4, -0.2) is 38.1 Å². The second kappa shape index (κ2) is 6.69. The van der Waals surface area contributed by atoms with Gasteiger partial charge in [-0.05, 0) is 26.2 Å². The summed E-state index contributed by atoms with van der Waals surface area (Å²) in [5.74, 6) is 0. The standard InChI is InChI=1S/C11H15Cl2N3O/c1-16(2)7-6-14-11(17)15-10-8(12)4-3-5-9(10)13/h3-5H,6-7H2,1-2H3,(H2,14,15,17). The minimum atomic E-state index is -0.318. The number of carbonyl (C=O) groups is 1. The molecule has 1 aromatic carbocycles. The van der Waals surface area contributed by atoms with Crippen LogP contribution in [0, 0.1) is 0 Å². The lowest BCUT2D eigenvalue weighted by molar-refractivity contribution is 0.250. The van der Waals surface area contributed by atoms with Gasteiger partial charge in [0.25, 0.3) is 0 Å². The van der Waals surface area contributed by atoms with Crippen molar-refractivity contribution in [2.45, 2.75) is 0 Å². The minimum absolute atomic E-state index is 0.318.